The number of nitrogen functional groups attached to an aromatic ring is 1. The van der Waals surface area contributed by atoms with Crippen LogP contribution >= 0.6 is 11.3 Å². The Labute approximate surface area is 86.2 Å². The smallest absolute Gasteiger partial charge is 0.203 e. The monoisotopic (exact) mass is 211 g/mol. The topological polar surface area (TPSA) is 72.0 Å². The van der Waals surface area contributed by atoms with Crippen LogP contribution in [0.25, 0.3) is 0 Å². The molecule has 0 radical (unpaired) electrons. The third-order valence-corrected chi connectivity index (χ3v) is 4.08. The van der Waals surface area contributed by atoms with Gasteiger partial charge in [0.1, 0.15) is 5.60 Å². The molecule has 0 unspecified atom stereocenters. The predicted molar refractivity (Wildman–Crippen MR) is 53.7 cm³/mol. The number of anilines is 1. The van der Waals surface area contributed by atoms with E-state index >= 15 is 0 Å². The fourth-order valence-corrected chi connectivity index (χ4v) is 2.98. The second kappa shape index (κ2) is 2.67. The molecule has 14 heavy (non-hydrogen) atoms. The van der Waals surface area contributed by atoms with Crippen LogP contribution in [0.1, 0.15) is 30.7 Å². The van der Waals surface area contributed by atoms with Crippen LogP contribution < -0.4 is 5.73 Å². The van der Waals surface area contributed by atoms with Crippen molar-refractivity contribution in [3.63, 3.8) is 0 Å². The standard InChI is InChI=1S/C9H13N3OS/c10-8-12-11-7(14-8)9(13,5-1-2-5)6-3-4-6/h5-6,13H,1-4H2,(H2,10,12). The second-order valence-electron chi connectivity index (χ2n) is 4.32. The first kappa shape index (κ1) is 8.61. The van der Waals surface area contributed by atoms with Crippen LogP contribution in [0.5, 0.6) is 0 Å². The van der Waals surface area contributed by atoms with Gasteiger partial charge in [-0.2, -0.15) is 0 Å². The first-order chi connectivity index (χ1) is 6.71. The molecule has 3 rings (SSSR count). The predicted octanol–water partition coefficient (Wildman–Crippen LogP) is 1.13. The molecule has 2 saturated carbocycles. The van der Waals surface area contributed by atoms with E-state index < -0.39 is 5.60 Å². The zero-order valence-electron chi connectivity index (χ0n) is 7.81. The van der Waals surface area contributed by atoms with Gasteiger partial charge >= 0.3 is 0 Å². The van der Waals surface area contributed by atoms with Crippen molar-refractivity contribution in [2.24, 2.45) is 11.8 Å². The van der Waals surface area contributed by atoms with E-state index in [-0.39, 0.29) is 0 Å². The van der Waals surface area contributed by atoms with E-state index in [4.69, 9.17) is 5.73 Å². The first-order valence-corrected chi connectivity index (χ1v) is 5.84. The number of aromatic nitrogens is 2. The van der Waals surface area contributed by atoms with E-state index in [1.54, 1.807) is 0 Å². The highest BCUT2D eigenvalue weighted by molar-refractivity contribution is 7.15. The minimum atomic E-state index is -0.699. The number of aliphatic hydroxyl groups is 1. The van der Waals surface area contributed by atoms with E-state index in [2.05, 4.69) is 10.2 Å². The molecule has 3 N–H and O–H groups in total. The Hall–Kier alpha value is -0.680. The Morgan fingerprint density at radius 2 is 1.79 bits per heavy atom. The summed E-state index contributed by atoms with van der Waals surface area (Å²) in [5.41, 5.74) is 4.85. The summed E-state index contributed by atoms with van der Waals surface area (Å²) in [4.78, 5) is 0. The molecule has 5 heteroatoms. The molecule has 0 bridgehead atoms. The van der Waals surface area contributed by atoms with Crippen molar-refractivity contribution in [3.8, 4) is 0 Å². The highest BCUT2D eigenvalue weighted by Gasteiger charge is 2.56. The maximum atomic E-state index is 10.6. The van der Waals surface area contributed by atoms with Crippen molar-refractivity contribution >= 4 is 16.5 Å². The number of hydrogen-bond acceptors (Lipinski definition) is 5. The molecule has 4 nitrogen and oxygen atoms in total. The minimum absolute atomic E-state index is 0.405. The molecule has 1 aromatic rings. The van der Waals surface area contributed by atoms with Gasteiger partial charge in [0.05, 0.1) is 0 Å². The van der Waals surface area contributed by atoms with E-state index in [1.165, 1.54) is 11.3 Å². The summed E-state index contributed by atoms with van der Waals surface area (Å²) in [6.07, 6.45) is 4.47. The van der Waals surface area contributed by atoms with Crippen molar-refractivity contribution in [2.75, 3.05) is 5.73 Å². The second-order valence-corrected chi connectivity index (χ2v) is 5.33. The van der Waals surface area contributed by atoms with Crippen LogP contribution in [0.4, 0.5) is 5.13 Å². The van der Waals surface area contributed by atoms with E-state index in [9.17, 15) is 5.11 Å². The molecule has 2 aliphatic rings. The molecule has 0 amide bonds. The van der Waals surface area contributed by atoms with Gasteiger partial charge in [-0.25, -0.2) is 0 Å². The van der Waals surface area contributed by atoms with Crippen LogP contribution in [0.2, 0.25) is 0 Å². The molecule has 76 valence electrons. The fraction of sp³-hybridized carbons (Fsp3) is 0.778. The lowest BCUT2D eigenvalue weighted by Crippen LogP contribution is -2.30. The lowest BCUT2D eigenvalue weighted by atomic mass is 9.93. The summed E-state index contributed by atoms with van der Waals surface area (Å²) >= 11 is 1.34. The Morgan fingerprint density at radius 3 is 2.14 bits per heavy atom. The molecule has 0 aliphatic heterocycles. The summed E-state index contributed by atoms with van der Waals surface area (Å²) < 4.78 is 0. The van der Waals surface area contributed by atoms with Gasteiger partial charge in [0.2, 0.25) is 5.13 Å². The average molecular weight is 211 g/mol. The van der Waals surface area contributed by atoms with Gasteiger partial charge < -0.3 is 10.8 Å². The lowest BCUT2D eigenvalue weighted by molar-refractivity contribution is -0.0110. The molecule has 0 aromatic carbocycles. The summed E-state index contributed by atoms with van der Waals surface area (Å²) in [5.74, 6) is 0.810. The number of hydrogen-bond donors (Lipinski definition) is 2. The van der Waals surface area contributed by atoms with Gasteiger partial charge in [0.25, 0.3) is 0 Å². The molecule has 2 fully saturated rings. The molecule has 1 heterocycles. The maximum Gasteiger partial charge on any atom is 0.203 e. The third-order valence-electron chi connectivity index (χ3n) is 3.18. The van der Waals surface area contributed by atoms with E-state index in [1.807, 2.05) is 0 Å². The van der Waals surface area contributed by atoms with Crippen molar-refractivity contribution in [3.05, 3.63) is 5.01 Å². The summed E-state index contributed by atoms with van der Waals surface area (Å²) in [6.45, 7) is 0. The molecule has 2 aliphatic carbocycles. The Balaban J connectivity index is 1.98. The number of nitrogens with two attached hydrogens (primary N) is 1. The zero-order valence-corrected chi connectivity index (χ0v) is 8.63. The van der Waals surface area contributed by atoms with Gasteiger partial charge in [-0.3, -0.25) is 0 Å². The molecular weight excluding hydrogens is 198 g/mol. The summed E-state index contributed by atoms with van der Waals surface area (Å²) in [5, 5.41) is 19.6. The van der Waals surface area contributed by atoms with Crippen LogP contribution in [-0.4, -0.2) is 15.3 Å². The van der Waals surface area contributed by atoms with Gasteiger partial charge in [0, 0.05) is 0 Å². The van der Waals surface area contributed by atoms with E-state index in [0.717, 1.165) is 30.7 Å². The van der Waals surface area contributed by atoms with Crippen molar-refractivity contribution in [2.45, 2.75) is 31.3 Å². The van der Waals surface area contributed by atoms with Crippen LogP contribution in [0, 0.1) is 11.8 Å². The van der Waals surface area contributed by atoms with Crippen LogP contribution in [0.3, 0.4) is 0 Å². The number of rotatable bonds is 3. The van der Waals surface area contributed by atoms with Gasteiger partial charge in [0.15, 0.2) is 5.01 Å². The van der Waals surface area contributed by atoms with Gasteiger partial charge in [-0.15, -0.1) is 10.2 Å². The summed E-state index contributed by atoms with van der Waals surface area (Å²) in [7, 11) is 0. The summed E-state index contributed by atoms with van der Waals surface area (Å²) in [6, 6.07) is 0. The Bertz CT molecular complexity index is 345. The lowest BCUT2D eigenvalue weighted by Gasteiger charge is -2.24. The minimum Gasteiger partial charge on any atom is -0.382 e. The Morgan fingerprint density at radius 1 is 1.21 bits per heavy atom. The molecule has 1 aromatic heterocycles. The molecular formula is C9H13N3OS. The normalized spacial score (nSPS) is 22.6. The van der Waals surface area contributed by atoms with E-state index in [0.29, 0.717) is 17.0 Å². The third kappa shape index (κ3) is 1.15. The largest absolute Gasteiger partial charge is 0.382 e. The SMILES string of the molecule is Nc1nnc(C(O)(C2CC2)C2CC2)s1. The quantitative estimate of drug-likeness (QED) is 0.786. The number of nitrogens with zero attached hydrogens (tertiary/aromatic N) is 2. The average Bonchev–Trinajstić information content (AvgIpc) is 3.01. The molecule has 0 saturated heterocycles. The zero-order chi connectivity index (χ0) is 9.76. The fourth-order valence-electron chi connectivity index (χ4n) is 2.13. The van der Waals surface area contributed by atoms with Crippen molar-refractivity contribution < 1.29 is 5.11 Å². The van der Waals surface area contributed by atoms with Crippen LogP contribution in [-0.2, 0) is 5.60 Å². The highest BCUT2D eigenvalue weighted by atomic mass is 32.1. The Kier molecular flexibility index (Phi) is 1.64. The van der Waals surface area contributed by atoms with Crippen LogP contribution in [0.15, 0.2) is 0 Å². The molecule has 0 atom stereocenters. The first-order valence-electron chi connectivity index (χ1n) is 5.03. The van der Waals surface area contributed by atoms with Crippen molar-refractivity contribution in [1.82, 2.24) is 10.2 Å². The van der Waals surface area contributed by atoms with Crippen molar-refractivity contribution in [1.29, 1.82) is 0 Å². The molecule has 0 spiro atoms. The van der Waals surface area contributed by atoms with Gasteiger partial charge in [-0.05, 0) is 37.5 Å². The van der Waals surface area contributed by atoms with Gasteiger partial charge in [-0.1, -0.05) is 11.3 Å². The highest BCUT2D eigenvalue weighted by Crippen LogP contribution is 2.57. The maximum absolute atomic E-state index is 10.6.